The molecule has 0 fully saturated rings. The lowest BCUT2D eigenvalue weighted by atomic mass is 10.0. The predicted octanol–water partition coefficient (Wildman–Crippen LogP) is 5.20. The number of pyridine rings is 2. The number of esters is 1. The standard InChI is InChI=1S/C25H20N2O3S/c1-3-30-25(29)17(2)23-20(12-14-31-23)21-15-18(22-11-7-8-13-26-22)16-27(24(21)28)19-9-5-4-6-10-19/h4-16H,2-3H2,1H3. The van der Waals surface area contributed by atoms with Crippen molar-refractivity contribution in [2.75, 3.05) is 6.61 Å². The zero-order valence-corrected chi connectivity index (χ0v) is 17.8. The second-order valence-corrected chi connectivity index (χ2v) is 7.65. The Labute approximate surface area is 183 Å². The number of thiophene rings is 1. The van der Waals surface area contributed by atoms with E-state index in [1.807, 2.05) is 66.0 Å². The molecule has 0 saturated carbocycles. The number of carbonyl (C=O) groups is 1. The van der Waals surface area contributed by atoms with E-state index in [0.29, 0.717) is 16.0 Å². The molecule has 4 aromatic rings. The molecule has 0 saturated heterocycles. The van der Waals surface area contributed by atoms with Crippen molar-refractivity contribution in [2.45, 2.75) is 6.92 Å². The van der Waals surface area contributed by atoms with Gasteiger partial charge in [-0.1, -0.05) is 30.8 Å². The summed E-state index contributed by atoms with van der Waals surface area (Å²) in [6.07, 6.45) is 3.50. The molecule has 0 atom stereocenters. The van der Waals surface area contributed by atoms with Crippen molar-refractivity contribution in [3.05, 3.63) is 100 Å². The second kappa shape index (κ2) is 8.93. The molecule has 0 radical (unpaired) electrons. The number of hydrogen-bond acceptors (Lipinski definition) is 5. The number of hydrogen-bond donors (Lipinski definition) is 0. The SMILES string of the molecule is C=C(C(=O)OCC)c1sccc1-c1cc(-c2ccccn2)cn(-c2ccccc2)c1=O. The Balaban J connectivity index is 1.94. The van der Waals surface area contributed by atoms with Gasteiger partial charge in [0.15, 0.2) is 0 Å². The molecule has 0 spiro atoms. The zero-order chi connectivity index (χ0) is 21.8. The lowest BCUT2D eigenvalue weighted by molar-refractivity contribution is -0.136. The lowest BCUT2D eigenvalue weighted by Crippen LogP contribution is -2.20. The van der Waals surface area contributed by atoms with Crippen molar-refractivity contribution in [1.82, 2.24) is 9.55 Å². The van der Waals surface area contributed by atoms with Crippen molar-refractivity contribution < 1.29 is 9.53 Å². The highest BCUT2D eigenvalue weighted by molar-refractivity contribution is 7.12. The van der Waals surface area contributed by atoms with Gasteiger partial charge in [0.1, 0.15) is 0 Å². The number of nitrogens with zero attached hydrogens (tertiary/aromatic N) is 2. The lowest BCUT2D eigenvalue weighted by Gasteiger charge is -2.13. The van der Waals surface area contributed by atoms with E-state index in [1.54, 1.807) is 23.9 Å². The summed E-state index contributed by atoms with van der Waals surface area (Å²) >= 11 is 1.35. The van der Waals surface area contributed by atoms with Crippen molar-refractivity contribution in [2.24, 2.45) is 0 Å². The monoisotopic (exact) mass is 428 g/mol. The fourth-order valence-corrected chi connectivity index (χ4v) is 4.17. The van der Waals surface area contributed by atoms with E-state index in [1.165, 1.54) is 11.3 Å². The Hall–Kier alpha value is -3.77. The van der Waals surface area contributed by atoms with E-state index in [4.69, 9.17) is 4.74 Å². The first-order valence-electron chi connectivity index (χ1n) is 9.78. The van der Waals surface area contributed by atoms with Crippen molar-refractivity contribution in [1.29, 1.82) is 0 Å². The van der Waals surface area contributed by atoms with Crippen molar-refractivity contribution >= 4 is 22.9 Å². The topological polar surface area (TPSA) is 61.2 Å². The number of carbonyl (C=O) groups excluding carboxylic acids is 1. The Bertz CT molecular complexity index is 1290. The summed E-state index contributed by atoms with van der Waals surface area (Å²) in [5, 5.41) is 1.84. The molecule has 1 aromatic carbocycles. The third kappa shape index (κ3) is 4.11. The first kappa shape index (κ1) is 20.5. The molecule has 0 aliphatic heterocycles. The Morgan fingerprint density at radius 3 is 2.58 bits per heavy atom. The molecular weight excluding hydrogens is 408 g/mol. The van der Waals surface area contributed by atoms with E-state index in [-0.39, 0.29) is 17.7 Å². The maximum Gasteiger partial charge on any atom is 0.338 e. The minimum atomic E-state index is -0.490. The van der Waals surface area contributed by atoms with Gasteiger partial charge in [-0.3, -0.25) is 14.3 Å². The van der Waals surface area contributed by atoms with Gasteiger partial charge in [0.2, 0.25) is 0 Å². The van der Waals surface area contributed by atoms with Crippen LogP contribution in [0.25, 0.3) is 33.6 Å². The van der Waals surface area contributed by atoms with Crippen LogP contribution in [0.15, 0.2) is 89.8 Å². The Morgan fingerprint density at radius 1 is 1.10 bits per heavy atom. The molecule has 0 unspecified atom stereocenters. The van der Waals surface area contributed by atoms with Crippen LogP contribution in [-0.2, 0) is 9.53 Å². The molecule has 3 heterocycles. The van der Waals surface area contributed by atoms with Crippen LogP contribution in [0.1, 0.15) is 11.8 Å². The zero-order valence-electron chi connectivity index (χ0n) is 16.9. The number of aromatic nitrogens is 2. The normalized spacial score (nSPS) is 10.6. The Kier molecular flexibility index (Phi) is 5.91. The summed E-state index contributed by atoms with van der Waals surface area (Å²) in [5.74, 6) is -0.490. The molecule has 31 heavy (non-hydrogen) atoms. The molecule has 0 bridgehead atoms. The summed E-state index contributed by atoms with van der Waals surface area (Å²) in [7, 11) is 0. The highest BCUT2D eigenvalue weighted by atomic mass is 32.1. The number of rotatable bonds is 6. The maximum absolute atomic E-state index is 13.5. The molecular formula is C25H20N2O3S. The summed E-state index contributed by atoms with van der Waals surface area (Å²) in [4.78, 5) is 30.9. The molecule has 0 amide bonds. The van der Waals surface area contributed by atoms with Gasteiger partial charge in [-0.2, -0.15) is 0 Å². The molecule has 0 N–H and O–H groups in total. The Morgan fingerprint density at radius 2 is 1.87 bits per heavy atom. The van der Waals surface area contributed by atoms with Crippen LogP contribution < -0.4 is 5.56 Å². The van der Waals surface area contributed by atoms with Gasteiger partial charge in [-0.15, -0.1) is 11.3 Å². The fourth-order valence-electron chi connectivity index (χ4n) is 3.29. The third-order valence-electron chi connectivity index (χ3n) is 4.76. The van der Waals surface area contributed by atoms with Gasteiger partial charge in [0.25, 0.3) is 5.56 Å². The first-order valence-corrected chi connectivity index (χ1v) is 10.7. The third-order valence-corrected chi connectivity index (χ3v) is 5.74. The minimum absolute atomic E-state index is 0.192. The van der Waals surface area contributed by atoms with E-state index in [9.17, 15) is 9.59 Å². The number of para-hydroxylation sites is 1. The van der Waals surface area contributed by atoms with Gasteiger partial charge in [0.05, 0.1) is 17.9 Å². The molecule has 0 aliphatic rings. The van der Waals surface area contributed by atoms with Crippen LogP contribution >= 0.6 is 11.3 Å². The van der Waals surface area contributed by atoms with Crippen molar-refractivity contribution in [3.63, 3.8) is 0 Å². The van der Waals surface area contributed by atoms with Gasteiger partial charge >= 0.3 is 5.97 Å². The average Bonchev–Trinajstić information content (AvgIpc) is 3.29. The summed E-state index contributed by atoms with van der Waals surface area (Å²) in [6.45, 7) is 5.91. The van der Waals surface area contributed by atoms with Crippen molar-refractivity contribution in [3.8, 4) is 28.1 Å². The number of benzene rings is 1. The molecule has 6 heteroatoms. The second-order valence-electron chi connectivity index (χ2n) is 6.73. The van der Waals surface area contributed by atoms with Gasteiger partial charge in [-0.25, -0.2) is 4.79 Å². The highest BCUT2D eigenvalue weighted by Crippen LogP contribution is 2.34. The van der Waals surface area contributed by atoms with E-state index in [2.05, 4.69) is 11.6 Å². The van der Waals surface area contributed by atoms with Gasteiger partial charge in [-0.05, 0) is 48.7 Å². The molecule has 0 aliphatic carbocycles. The maximum atomic E-state index is 13.5. The first-order chi connectivity index (χ1) is 15.1. The van der Waals surface area contributed by atoms with Gasteiger partial charge < -0.3 is 4.74 Å². The molecule has 3 aromatic heterocycles. The fraction of sp³-hybridized carbons (Fsp3) is 0.0800. The average molecular weight is 429 g/mol. The van der Waals surface area contributed by atoms with Crippen LogP contribution in [0, 0.1) is 0 Å². The van der Waals surface area contributed by atoms with Gasteiger partial charge in [0, 0.05) is 39.6 Å². The largest absolute Gasteiger partial charge is 0.462 e. The van der Waals surface area contributed by atoms with Crippen LogP contribution in [0.3, 0.4) is 0 Å². The van der Waals surface area contributed by atoms with Crippen LogP contribution in [0.4, 0.5) is 0 Å². The van der Waals surface area contributed by atoms with E-state index < -0.39 is 5.97 Å². The smallest absolute Gasteiger partial charge is 0.338 e. The minimum Gasteiger partial charge on any atom is -0.462 e. The predicted molar refractivity (Wildman–Crippen MR) is 124 cm³/mol. The quantitative estimate of drug-likeness (QED) is 0.313. The summed E-state index contributed by atoms with van der Waals surface area (Å²) < 4.78 is 6.71. The van der Waals surface area contributed by atoms with Crippen LogP contribution in [-0.4, -0.2) is 22.1 Å². The van der Waals surface area contributed by atoms with Crippen LogP contribution in [0.2, 0.25) is 0 Å². The van der Waals surface area contributed by atoms with E-state index >= 15 is 0 Å². The number of ether oxygens (including phenoxy) is 1. The molecule has 154 valence electrons. The van der Waals surface area contributed by atoms with Crippen LogP contribution in [0.5, 0.6) is 0 Å². The molecule has 5 nitrogen and oxygen atoms in total. The highest BCUT2D eigenvalue weighted by Gasteiger charge is 2.20. The summed E-state index contributed by atoms with van der Waals surface area (Å²) in [6, 6.07) is 18.7. The molecule has 4 rings (SSSR count). The summed E-state index contributed by atoms with van der Waals surface area (Å²) in [5.41, 5.74) is 3.44. The van der Waals surface area contributed by atoms with E-state index in [0.717, 1.165) is 16.9 Å².